The van der Waals surface area contributed by atoms with Crippen molar-refractivity contribution >= 4 is 22.0 Å². The zero-order valence-corrected chi connectivity index (χ0v) is 19.7. The number of sulfonamides is 1. The van der Waals surface area contributed by atoms with E-state index < -0.39 is 10.0 Å². The molecule has 1 aromatic heterocycles. The number of hydrogen-bond acceptors (Lipinski definition) is 3. The van der Waals surface area contributed by atoms with Gasteiger partial charge in [-0.05, 0) is 57.2 Å². The van der Waals surface area contributed by atoms with Gasteiger partial charge in [-0.1, -0.05) is 26.2 Å². The summed E-state index contributed by atoms with van der Waals surface area (Å²) >= 11 is 0. The van der Waals surface area contributed by atoms with E-state index in [1.54, 1.807) is 10.4 Å². The number of aromatic nitrogens is 1. The van der Waals surface area contributed by atoms with E-state index in [9.17, 15) is 13.2 Å². The van der Waals surface area contributed by atoms with Gasteiger partial charge in [-0.15, -0.1) is 0 Å². The topological polar surface area (TPSA) is 62.6 Å². The molecule has 1 amide bonds. The standard InChI is InChI=1S/C23H37N3O3S/c1-5-25(30(4,28)29)21-13-15-24(16-14-21)23(27)12-11-20-17-18(2)26(19(20)3)22-9-7-6-8-10-22/h11-12,17,21-22H,5-10,13-16H2,1-4H3. The highest BCUT2D eigenvalue weighted by molar-refractivity contribution is 7.88. The average Bonchev–Trinajstić information content (AvgIpc) is 3.00. The van der Waals surface area contributed by atoms with E-state index in [1.807, 2.05) is 17.9 Å². The van der Waals surface area contributed by atoms with Gasteiger partial charge < -0.3 is 9.47 Å². The third-order valence-electron chi connectivity index (χ3n) is 6.79. The minimum absolute atomic E-state index is 0.00699. The number of amides is 1. The van der Waals surface area contributed by atoms with Gasteiger partial charge in [0.1, 0.15) is 0 Å². The minimum atomic E-state index is -3.20. The molecule has 0 radical (unpaired) electrons. The number of aryl methyl sites for hydroxylation is 1. The van der Waals surface area contributed by atoms with E-state index >= 15 is 0 Å². The maximum Gasteiger partial charge on any atom is 0.246 e. The number of carbonyl (C=O) groups is 1. The van der Waals surface area contributed by atoms with Crippen LogP contribution in [0.2, 0.25) is 0 Å². The van der Waals surface area contributed by atoms with Crippen molar-refractivity contribution in [3.63, 3.8) is 0 Å². The normalized spacial score (nSPS) is 19.8. The van der Waals surface area contributed by atoms with Crippen LogP contribution in [0.15, 0.2) is 12.1 Å². The van der Waals surface area contributed by atoms with Crippen molar-refractivity contribution in [3.05, 3.63) is 29.1 Å². The molecular weight excluding hydrogens is 398 g/mol. The molecule has 2 aliphatic rings. The van der Waals surface area contributed by atoms with E-state index in [0.29, 0.717) is 38.5 Å². The molecule has 1 aliphatic heterocycles. The van der Waals surface area contributed by atoms with Crippen LogP contribution in [-0.4, -0.2) is 60.0 Å². The second kappa shape index (κ2) is 9.69. The minimum Gasteiger partial charge on any atom is -0.346 e. The first-order valence-electron chi connectivity index (χ1n) is 11.3. The Kier molecular flexibility index (Phi) is 7.45. The molecule has 1 aliphatic carbocycles. The van der Waals surface area contributed by atoms with Crippen molar-refractivity contribution in [1.29, 1.82) is 0 Å². The summed E-state index contributed by atoms with van der Waals surface area (Å²) in [4.78, 5) is 14.6. The number of likely N-dealkylation sites (tertiary alicyclic amines) is 1. The third kappa shape index (κ3) is 5.17. The largest absolute Gasteiger partial charge is 0.346 e. The second-order valence-corrected chi connectivity index (χ2v) is 10.8. The second-order valence-electron chi connectivity index (χ2n) is 8.84. The van der Waals surface area contributed by atoms with E-state index in [0.717, 1.165) is 5.56 Å². The third-order valence-corrected chi connectivity index (χ3v) is 8.20. The molecule has 0 atom stereocenters. The molecule has 2 fully saturated rings. The van der Waals surface area contributed by atoms with Crippen LogP contribution in [0.4, 0.5) is 0 Å². The van der Waals surface area contributed by atoms with Crippen LogP contribution in [0, 0.1) is 13.8 Å². The summed E-state index contributed by atoms with van der Waals surface area (Å²) in [5.74, 6) is 0.0123. The first-order chi connectivity index (χ1) is 14.2. The van der Waals surface area contributed by atoms with Crippen molar-refractivity contribution in [2.24, 2.45) is 0 Å². The van der Waals surface area contributed by atoms with Crippen molar-refractivity contribution in [2.75, 3.05) is 25.9 Å². The van der Waals surface area contributed by atoms with Crippen LogP contribution < -0.4 is 0 Å². The van der Waals surface area contributed by atoms with Crippen molar-refractivity contribution < 1.29 is 13.2 Å². The van der Waals surface area contributed by atoms with E-state index in [1.165, 1.54) is 49.7 Å². The fraction of sp³-hybridized carbons (Fsp3) is 0.696. The van der Waals surface area contributed by atoms with Crippen molar-refractivity contribution in [3.8, 4) is 0 Å². The molecule has 7 heteroatoms. The van der Waals surface area contributed by atoms with Crippen LogP contribution in [0.25, 0.3) is 6.08 Å². The Labute approximate surface area is 182 Å². The molecule has 0 unspecified atom stereocenters. The summed E-state index contributed by atoms with van der Waals surface area (Å²) in [6.45, 7) is 7.86. The lowest BCUT2D eigenvalue weighted by Gasteiger charge is -2.36. The average molecular weight is 436 g/mol. The Morgan fingerprint density at radius 3 is 2.33 bits per heavy atom. The molecule has 30 heavy (non-hydrogen) atoms. The molecule has 2 heterocycles. The molecule has 6 nitrogen and oxygen atoms in total. The summed E-state index contributed by atoms with van der Waals surface area (Å²) < 4.78 is 27.9. The van der Waals surface area contributed by atoms with E-state index in [-0.39, 0.29) is 11.9 Å². The lowest BCUT2D eigenvalue weighted by molar-refractivity contribution is -0.127. The van der Waals surface area contributed by atoms with Gasteiger partial charge in [-0.3, -0.25) is 4.79 Å². The number of rotatable bonds is 6. The number of nitrogens with zero attached hydrogens (tertiary/aromatic N) is 3. The molecule has 0 aromatic carbocycles. The number of hydrogen-bond donors (Lipinski definition) is 0. The highest BCUT2D eigenvalue weighted by atomic mass is 32.2. The van der Waals surface area contributed by atoms with Crippen LogP contribution in [0.3, 0.4) is 0 Å². The van der Waals surface area contributed by atoms with Gasteiger partial charge in [-0.25, -0.2) is 8.42 Å². The predicted molar refractivity (Wildman–Crippen MR) is 122 cm³/mol. The fourth-order valence-corrected chi connectivity index (χ4v) is 6.50. The lowest BCUT2D eigenvalue weighted by atomic mass is 9.95. The summed E-state index contributed by atoms with van der Waals surface area (Å²) in [5.41, 5.74) is 3.64. The van der Waals surface area contributed by atoms with Gasteiger partial charge >= 0.3 is 0 Å². The first-order valence-corrected chi connectivity index (χ1v) is 13.2. The molecular formula is C23H37N3O3S. The number of piperidine rings is 1. The molecule has 1 saturated carbocycles. The Hall–Kier alpha value is -1.60. The Morgan fingerprint density at radius 2 is 1.77 bits per heavy atom. The Bertz CT molecular complexity index is 874. The van der Waals surface area contributed by atoms with E-state index in [4.69, 9.17) is 0 Å². The highest BCUT2D eigenvalue weighted by Gasteiger charge is 2.30. The van der Waals surface area contributed by atoms with Crippen LogP contribution >= 0.6 is 0 Å². The summed E-state index contributed by atoms with van der Waals surface area (Å²) in [6, 6.07) is 2.77. The SMILES string of the molecule is CCN(C1CCN(C(=O)C=Cc2cc(C)n(C3CCCCC3)c2C)CC1)S(C)(=O)=O. The molecule has 0 bridgehead atoms. The van der Waals surface area contributed by atoms with Gasteiger partial charge in [0.25, 0.3) is 0 Å². The summed E-state index contributed by atoms with van der Waals surface area (Å²) in [6.07, 6.45) is 12.7. The molecule has 3 rings (SSSR count). The maximum absolute atomic E-state index is 12.7. The zero-order chi connectivity index (χ0) is 21.9. The van der Waals surface area contributed by atoms with Crippen molar-refractivity contribution in [1.82, 2.24) is 13.8 Å². The highest BCUT2D eigenvalue weighted by Crippen LogP contribution is 2.32. The predicted octanol–water partition coefficient (Wildman–Crippen LogP) is 3.90. The molecule has 1 aromatic rings. The number of carbonyl (C=O) groups excluding carboxylic acids is 1. The molecule has 0 spiro atoms. The first kappa shape index (κ1) is 23.1. The smallest absolute Gasteiger partial charge is 0.246 e. The van der Waals surface area contributed by atoms with Crippen LogP contribution in [-0.2, 0) is 14.8 Å². The van der Waals surface area contributed by atoms with Crippen LogP contribution in [0.1, 0.15) is 74.9 Å². The quantitative estimate of drug-likeness (QED) is 0.637. The van der Waals surface area contributed by atoms with Crippen LogP contribution in [0.5, 0.6) is 0 Å². The van der Waals surface area contributed by atoms with Gasteiger partial charge in [0.2, 0.25) is 15.9 Å². The Morgan fingerprint density at radius 1 is 1.13 bits per heavy atom. The monoisotopic (exact) mass is 435 g/mol. The molecule has 168 valence electrons. The Balaban J connectivity index is 1.62. The van der Waals surface area contributed by atoms with E-state index in [2.05, 4.69) is 24.5 Å². The fourth-order valence-electron chi connectivity index (χ4n) is 5.28. The van der Waals surface area contributed by atoms with Gasteiger partial charge in [0.15, 0.2) is 0 Å². The zero-order valence-electron chi connectivity index (χ0n) is 18.9. The lowest BCUT2D eigenvalue weighted by Crippen LogP contribution is -2.48. The summed E-state index contributed by atoms with van der Waals surface area (Å²) in [5, 5.41) is 0. The van der Waals surface area contributed by atoms with Crippen molar-refractivity contribution in [2.45, 2.75) is 77.8 Å². The van der Waals surface area contributed by atoms with Gasteiger partial charge in [-0.2, -0.15) is 4.31 Å². The molecule has 1 saturated heterocycles. The summed E-state index contributed by atoms with van der Waals surface area (Å²) in [7, 11) is -3.20. The van der Waals surface area contributed by atoms with Gasteiger partial charge in [0.05, 0.1) is 6.26 Å². The maximum atomic E-state index is 12.7. The van der Waals surface area contributed by atoms with Gasteiger partial charge in [0, 0.05) is 49.2 Å². The molecule has 0 N–H and O–H groups in total.